The van der Waals surface area contributed by atoms with Gasteiger partial charge in [0.1, 0.15) is 0 Å². The second-order valence-corrected chi connectivity index (χ2v) is 4.26. The summed E-state index contributed by atoms with van der Waals surface area (Å²) in [7, 11) is 1.85. The summed E-state index contributed by atoms with van der Waals surface area (Å²) in [5.74, 6) is -0.965. The average Bonchev–Trinajstić information content (AvgIpc) is 2.40. The highest BCUT2D eigenvalue weighted by molar-refractivity contribution is 5.90. The molecule has 5 heteroatoms. The Morgan fingerprint density at radius 3 is 2.79 bits per heavy atom. The van der Waals surface area contributed by atoms with E-state index in [0.29, 0.717) is 17.9 Å². The number of carbonyl (C=O) groups is 1. The van der Waals surface area contributed by atoms with Gasteiger partial charge in [0.05, 0.1) is 29.2 Å². The molecule has 0 radical (unpaired) electrons. The number of aromatic carboxylic acids is 1. The van der Waals surface area contributed by atoms with Crippen molar-refractivity contribution in [3.63, 3.8) is 0 Å². The molecule has 1 heterocycles. The second kappa shape index (κ2) is 5.39. The minimum absolute atomic E-state index is 0.220. The van der Waals surface area contributed by atoms with E-state index in [1.54, 1.807) is 18.3 Å². The lowest BCUT2D eigenvalue weighted by atomic mass is 10.1. The van der Waals surface area contributed by atoms with Crippen molar-refractivity contribution in [3.05, 3.63) is 53.9 Å². The van der Waals surface area contributed by atoms with Crippen LogP contribution in [-0.2, 0) is 6.54 Å². The molecular weight excluding hydrogens is 242 g/mol. The van der Waals surface area contributed by atoms with Gasteiger partial charge in [-0.1, -0.05) is 6.07 Å². The first-order valence-corrected chi connectivity index (χ1v) is 5.82. The van der Waals surface area contributed by atoms with Crippen LogP contribution >= 0.6 is 0 Å². The molecule has 5 nitrogen and oxygen atoms in total. The molecule has 0 saturated carbocycles. The molecule has 0 aliphatic rings. The van der Waals surface area contributed by atoms with Gasteiger partial charge in [0, 0.05) is 13.2 Å². The minimum Gasteiger partial charge on any atom is -0.478 e. The molecule has 3 N–H and O–H groups in total. The summed E-state index contributed by atoms with van der Waals surface area (Å²) in [5.41, 5.74) is 8.23. The zero-order chi connectivity index (χ0) is 13.8. The number of anilines is 2. The van der Waals surface area contributed by atoms with Crippen LogP contribution in [0.2, 0.25) is 0 Å². The van der Waals surface area contributed by atoms with E-state index in [4.69, 9.17) is 10.8 Å². The molecule has 0 unspecified atom stereocenters. The number of carboxylic acids is 1. The topological polar surface area (TPSA) is 79.5 Å². The summed E-state index contributed by atoms with van der Waals surface area (Å²) in [4.78, 5) is 17.1. The van der Waals surface area contributed by atoms with Crippen molar-refractivity contribution in [1.29, 1.82) is 0 Å². The van der Waals surface area contributed by atoms with Gasteiger partial charge in [0.15, 0.2) is 0 Å². The van der Waals surface area contributed by atoms with Crippen molar-refractivity contribution in [2.75, 3.05) is 17.7 Å². The van der Waals surface area contributed by atoms with E-state index in [2.05, 4.69) is 4.98 Å². The summed E-state index contributed by atoms with van der Waals surface area (Å²) in [5, 5.41) is 9.00. The number of nitrogen functional groups attached to an aromatic ring is 1. The number of aromatic nitrogens is 1. The van der Waals surface area contributed by atoms with E-state index < -0.39 is 5.97 Å². The van der Waals surface area contributed by atoms with Crippen LogP contribution in [0.4, 0.5) is 11.4 Å². The van der Waals surface area contributed by atoms with Crippen LogP contribution in [0, 0.1) is 0 Å². The highest BCUT2D eigenvalue weighted by Gasteiger charge is 2.10. The highest BCUT2D eigenvalue weighted by atomic mass is 16.4. The predicted molar refractivity (Wildman–Crippen MR) is 74.2 cm³/mol. The Balaban J connectivity index is 2.25. The van der Waals surface area contributed by atoms with Gasteiger partial charge in [-0.25, -0.2) is 4.79 Å². The summed E-state index contributed by atoms with van der Waals surface area (Å²) in [6.07, 6.45) is 1.72. The molecule has 0 aliphatic heterocycles. The number of nitrogens with two attached hydrogens (primary N) is 1. The maximum Gasteiger partial charge on any atom is 0.335 e. The Labute approximate surface area is 111 Å². The summed E-state index contributed by atoms with van der Waals surface area (Å²) in [6.45, 7) is 0.564. The van der Waals surface area contributed by atoms with Crippen molar-refractivity contribution >= 4 is 17.3 Å². The lowest BCUT2D eigenvalue weighted by molar-refractivity contribution is 0.0697. The summed E-state index contributed by atoms with van der Waals surface area (Å²) < 4.78 is 0. The monoisotopic (exact) mass is 257 g/mol. The zero-order valence-electron chi connectivity index (χ0n) is 10.6. The molecule has 0 saturated heterocycles. The van der Waals surface area contributed by atoms with Gasteiger partial charge in [-0.2, -0.15) is 0 Å². The Kier molecular flexibility index (Phi) is 3.66. The molecule has 0 fully saturated rings. The fraction of sp³-hybridized carbons (Fsp3) is 0.143. The fourth-order valence-corrected chi connectivity index (χ4v) is 1.83. The van der Waals surface area contributed by atoms with Gasteiger partial charge < -0.3 is 15.7 Å². The van der Waals surface area contributed by atoms with Crippen molar-refractivity contribution in [2.45, 2.75) is 6.54 Å². The first-order valence-electron chi connectivity index (χ1n) is 5.82. The number of rotatable bonds is 4. The van der Waals surface area contributed by atoms with Gasteiger partial charge in [0.25, 0.3) is 0 Å². The average molecular weight is 257 g/mol. The van der Waals surface area contributed by atoms with Crippen molar-refractivity contribution in [1.82, 2.24) is 4.98 Å². The maximum absolute atomic E-state index is 11.0. The summed E-state index contributed by atoms with van der Waals surface area (Å²) in [6, 6.07) is 10.3. The lowest BCUT2D eigenvalue weighted by Crippen LogP contribution is -2.19. The van der Waals surface area contributed by atoms with Gasteiger partial charge >= 0.3 is 5.97 Å². The Hall–Kier alpha value is -2.56. The number of hydrogen-bond acceptors (Lipinski definition) is 4. The van der Waals surface area contributed by atoms with Crippen molar-refractivity contribution in [3.8, 4) is 0 Å². The van der Waals surface area contributed by atoms with Crippen LogP contribution in [0.15, 0.2) is 42.6 Å². The fourth-order valence-electron chi connectivity index (χ4n) is 1.83. The van der Waals surface area contributed by atoms with E-state index >= 15 is 0 Å². The molecule has 0 amide bonds. The third-order valence-electron chi connectivity index (χ3n) is 2.81. The SMILES string of the molecule is CN(Cc1ccccn1)c1cc(C(=O)O)ccc1N. The smallest absolute Gasteiger partial charge is 0.335 e. The molecule has 0 atom stereocenters. The van der Waals surface area contributed by atoms with E-state index in [1.807, 2.05) is 30.1 Å². The van der Waals surface area contributed by atoms with Gasteiger partial charge in [-0.15, -0.1) is 0 Å². The number of nitrogens with zero attached hydrogens (tertiary/aromatic N) is 2. The van der Waals surface area contributed by atoms with Crippen molar-refractivity contribution < 1.29 is 9.90 Å². The second-order valence-electron chi connectivity index (χ2n) is 4.26. The van der Waals surface area contributed by atoms with Crippen LogP contribution in [0.25, 0.3) is 0 Å². The molecule has 0 aliphatic carbocycles. The van der Waals surface area contributed by atoms with Gasteiger partial charge in [-0.3, -0.25) is 4.98 Å². The van der Waals surface area contributed by atoms with Crippen LogP contribution in [-0.4, -0.2) is 23.1 Å². The first kappa shape index (κ1) is 12.9. The number of hydrogen-bond donors (Lipinski definition) is 2. The molecular formula is C14H15N3O2. The van der Waals surface area contributed by atoms with Crippen LogP contribution < -0.4 is 10.6 Å². The first-order chi connectivity index (χ1) is 9.08. The molecule has 0 bridgehead atoms. The van der Waals surface area contributed by atoms with E-state index in [0.717, 1.165) is 5.69 Å². The molecule has 2 rings (SSSR count). The Morgan fingerprint density at radius 1 is 1.37 bits per heavy atom. The highest BCUT2D eigenvalue weighted by Crippen LogP contribution is 2.24. The lowest BCUT2D eigenvalue weighted by Gasteiger charge is -2.21. The standard InChI is InChI=1S/C14H15N3O2/c1-17(9-11-4-2-3-7-16-11)13-8-10(14(18)19)5-6-12(13)15/h2-8H,9,15H2,1H3,(H,18,19). The largest absolute Gasteiger partial charge is 0.478 e. The Morgan fingerprint density at radius 2 is 2.16 bits per heavy atom. The van der Waals surface area contributed by atoms with Gasteiger partial charge in [0.2, 0.25) is 0 Å². The molecule has 19 heavy (non-hydrogen) atoms. The van der Waals surface area contributed by atoms with Crippen LogP contribution in [0.5, 0.6) is 0 Å². The maximum atomic E-state index is 11.0. The van der Waals surface area contributed by atoms with Crippen molar-refractivity contribution in [2.24, 2.45) is 0 Å². The quantitative estimate of drug-likeness (QED) is 0.819. The van der Waals surface area contributed by atoms with E-state index in [1.165, 1.54) is 6.07 Å². The normalized spacial score (nSPS) is 10.2. The summed E-state index contributed by atoms with van der Waals surface area (Å²) >= 11 is 0. The number of benzene rings is 1. The third kappa shape index (κ3) is 3.01. The number of pyridine rings is 1. The van der Waals surface area contributed by atoms with E-state index in [-0.39, 0.29) is 5.56 Å². The van der Waals surface area contributed by atoms with Crippen LogP contribution in [0.3, 0.4) is 0 Å². The molecule has 2 aromatic rings. The molecule has 1 aromatic carbocycles. The zero-order valence-corrected chi connectivity index (χ0v) is 10.6. The number of carboxylic acid groups (broad SMARTS) is 1. The van der Waals surface area contributed by atoms with Crippen LogP contribution in [0.1, 0.15) is 16.1 Å². The van der Waals surface area contributed by atoms with Gasteiger partial charge in [-0.05, 0) is 30.3 Å². The predicted octanol–water partition coefficient (Wildman–Crippen LogP) is 2.00. The minimum atomic E-state index is -0.965. The molecule has 0 spiro atoms. The third-order valence-corrected chi connectivity index (χ3v) is 2.81. The Bertz CT molecular complexity index is 584. The molecule has 98 valence electrons. The van der Waals surface area contributed by atoms with E-state index in [9.17, 15) is 4.79 Å². The molecule has 1 aromatic heterocycles.